The van der Waals surface area contributed by atoms with E-state index >= 15 is 0 Å². The van der Waals surface area contributed by atoms with E-state index in [1.165, 1.54) is 4.88 Å². The average molecular weight is 289 g/mol. The molecule has 5 heteroatoms. The summed E-state index contributed by atoms with van der Waals surface area (Å²) in [6, 6.07) is 9.67. The number of rotatable bonds is 4. The van der Waals surface area contributed by atoms with E-state index in [2.05, 4.69) is 0 Å². The van der Waals surface area contributed by atoms with Crippen LogP contribution < -0.4 is 9.47 Å². The summed E-state index contributed by atoms with van der Waals surface area (Å²) in [5, 5.41) is 2.02. The van der Waals surface area contributed by atoms with Gasteiger partial charge in [0.05, 0.1) is 13.0 Å². The molecule has 1 aromatic heterocycles. The Morgan fingerprint density at radius 2 is 2.15 bits per heavy atom. The molecule has 1 aromatic carbocycles. The van der Waals surface area contributed by atoms with E-state index < -0.39 is 0 Å². The van der Waals surface area contributed by atoms with Gasteiger partial charge in [-0.15, -0.1) is 11.3 Å². The quantitative estimate of drug-likeness (QED) is 0.868. The predicted octanol–water partition coefficient (Wildman–Crippen LogP) is 2.68. The van der Waals surface area contributed by atoms with Crippen LogP contribution in [0.3, 0.4) is 0 Å². The van der Waals surface area contributed by atoms with Crippen LogP contribution in [-0.4, -0.2) is 24.6 Å². The third-order valence-corrected chi connectivity index (χ3v) is 4.05. The van der Waals surface area contributed by atoms with Crippen molar-refractivity contribution < 1.29 is 14.3 Å². The number of ether oxygens (including phenoxy) is 2. The molecule has 4 nitrogen and oxygen atoms in total. The highest BCUT2D eigenvalue weighted by Crippen LogP contribution is 2.32. The van der Waals surface area contributed by atoms with Crippen LogP contribution in [0, 0.1) is 0 Å². The minimum atomic E-state index is 0.0947. The highest BCUT2D eigenvalue weighted by atomic mass is 32.1. The zero-order valence-electron chi connectivity index (χ0n) is 11.2. The summed E-state index contributed by atoms with van der Waals surface area (Å²) in [7, 11) is 1.83. The minimum Gasteiger partial charge on any atom is -0.454 e. The topological polar surface area (TPSA) is 38.8 Å². The van der Waals surface area contributed by atoms with Gasteiger partial charge < -0.3 is 14.4 Å². The molecular formula is C15H15NO3S. The molecule has 2 aromatic rings. The van der Waals surface area contributed by atoms with Crippen molar-refractivity contribution in [3.8, 4) is 11.5 Å². The fourth-order valence-electron chi connectivity index (χ4n) is 2.08. The first-order valence-corrected chi connectivity index (χ1v) is 7.25. The number of fused-ring (bicyclic) bond motifs is 1. The molecule has 20 heavy (non-hydrogen) atoms. The largest absolute Gasteiger partial charge is 0.454 e. The van der Waals surface area contributed by atoms with Gasteiger partial charge in [-0.3, -0.25) is 4.79 Å². The van der Waals surface area contributed by atoms with Gasteiger partial charge in [-0.25, -0.2) is 0 Å². The summed E-state index contributed by atoms with van der Waals surface area (Å²) in [4.78, 5) is 15.1. The van der Waals surface area contributed by atoms with Crippen LogP contribution in [0.25, 0.3) is 0 Å². The molecule has 0 radical (unpaired) electrons. The number of thiophene rings is 1. The second kappa shape index (κ2) is 5.54. The number of benzene rings is 1. The van der Waals surface area contributed by atoms with Gasteiger partial charge in [-0.05, 0) is 29.1 Å². The number of hydrogen-bond acceptors (Lipinski definition) is 4. The SMILES string of the molecule is CN(Cc1cccs1)C(=O)Cc1ccc2c(c1)OCO2. The van der Waals surface area contributed by atoms with E-state index in [1.807, 2.05) is 42.8 Å². The highest BCUT2D eigenvalue weighted by molar-refractivity contribution is 7.09. The molecule has 1 aliphatic rings. The number of likely N-dealkylation sites (N-methyl/N-ethyl adjacent to an activating group) is 1. The first-order chi connectivity index (χ1) is 9.72. The third kappa shape index (κ3) is 2.77. The second-order valence-electron chi connectivity index (χ2n) is 4.69. The van der Waals surface area contributed by atoms with Crippen LogP contribution in [0.2, 0.25) is 0 Å². The van der Waals surface area contributed by atoms with Gasteiger partial charge in [-0.2, -0.15) is 0 Å². The Labute approximate surface area is 121 Å². The molecule has 0 bridgehead atoms. The van der Waals surface area contributed by atoms with Crippen molar-refractivity contribution in [2.75, 3.05) is 13.8 Å². The lowest BCUT2D eigenvalue weighted by Gasteiger charge is -2.16. The molecule has 0 unspecified atom stereocenters. The lowest BCUT2D eigenvalue weighted by atomic mass is 10.1. The number of nitrogens with zero attached hydrogens (tertiary/aromatic N) is 1. The predicted molar refractivity (Wildman–Crippen MR) is 77.1 cm³/mol. The van der Waals surface area contributed by atoms with Crippen molar-refractivity contribution in [3.05, 3.63) is 46.2 Å². The Kier molecular flexibility index (Phi) is 3.60. The van der Waals surface area contributed by atoms with E-state index in [1.54, 1.807) is 16.2 Å². The van der Waals surface area contributed by atoms with Crippen LogP contribution in [0.15, 0.2) is 35.7 Å². The molecule has 0 aliphatic carbocycles. The first kappa shape index (κ1) is 13.0. The number of carbonyl (C=O) groups is 1. The van der Waals surface area contributed by atoms with Crippen LogP contribution in [-0.2, 0) is 17.8 Å². The maximum absolute atomic E-state index is 12.2. The van der Waals surface area contributed by atoms with Crippen LogP contribution in [0.1, 0.15) is 10.4 Å². The van der Waals surface area contributed by atoms with E-state index in [4.69, 9.17) is 9.47 Å². The fourth-order valence-corrected chi connectivity index (χ4v) is 2.84. The summed E-state index contributed by atoms with van der Waals surface area (Å²) in [5.41, 5.74) is 0.942. The smallest absolute Gasteiger partial charge is 0.231 e. The van der Waals surface area contributed by atoms with Gasteiger partial charge in [0, 0.05) is 11.9 Å². The lowest BCUT2D eigenvalue weighted by molar-refractivity contribution is -0.129. The summed E-state index contributed by atoms with van der Waals surface area (Å²) in [6.45, 7) is 0.909. The zero-order chi connectivity index (χ0) is 13.9. The molecule has 2 heterocycles. The Morgan fingerprint density at radius 3 is 2.95 bits per heavy atom. The fraction of sp³-hybridized carbons (Fsp3) is 0.267. The summed E-state index contributed by atoms with van der Waals surface area (Å²) in [5.74, 6) is 1.56. The molecular weight excluding hydrogens is 274 g/mol. The maximum atomic E-state index is 12.2. The van der Waals surface area contributed by atoms with E-state index in [0.717, 1.165) is 17.1 Å². The minimum absolute atomic E-state index is 0.0947. The highest BCUT2D eigenvalue weighted by Gasteiger charge is 2.16. The Bertz CT molecular complexity index is 610. The summed E-state index contributed by atoms with van der Waals surface area (Å²) in [6.07, 6.45) is 0.374. The molecule has 0 saturated carbocycles. The standard InChI is InChI=1S/C15H15NO3S/c1-16(9-12-3-2-6-20-12)15(17)8-11-4-5-13-14(7-11)19-10-18-13/h2-7H,8-10H2,1H3. The molecule has 0 fully saturated rings. The summed E-state index contributed by atoms with van der Waals surface area (Å²) < 4.78 is 10.6. The van der Waals surface area contributed by atoms with Crippen molar-refractivity contribution in [3.63, 3.8) is 0 Å². The Balaban J connectivity index is 1.63. The van der Waals surface area contributed by atoms with Crippen LogP contribution >= 0.6 is 11.3 Å². The second-order valence-corrected chi connectivity index (χ2v) is 5.73. The van der Waals surface area contributed by atoms with Crippen LogP contribution in [0.5, 0.6) is 11.5 Å². The van der Waals surface area contributed by atoms with Crippen molar-refractivity contribution in [1.82, 2.24) is 4.90 Å². The van der Waals surface area contributed by atoms with Crippen LogP contribution in [0.4, 0.5) is 0 Å². The number of amides is 1. The number of hydrogen-bond donors (Lipinski definition) is 0. The monoisotopic (exact) mass is 289 g/mol. The molecule has 1 amide bonds. The molecule has 0 spiro atoms. The first-order valence-electron chi connectivity index (χ1n) is 6.37. The maximum Gasteiger partial charge on any atom is 0.231 e. The van der Waals surface area contributed by atoms with Crippen molar-refractivity contribution in [2.24, 2.45) is 0 Å². The van der Waals surface area contributed by atoms with Gasteiger partial charge in [0.15, 0.2) is 11.5 Å². The normalized spacial score (nSPS) is 12.4. The van der Waals surface area contributed by atoms with Crippen molar-refractivity contribution in [1.29, 1.82) is 0 Å². The average Bonchev–Trinajstić information content (AvgIpc) is 3.08. The van der Waals surface area contributed by atoms with Gasteiger partial charge in [0.1, 0.15) is 0 Å². The van der Waals surface area contributed by atoms with Gasteiger partial charge in [0.25, 0.3) is 0 Å². The van der Waals surface area contributed by atoms with Gasteiger partial charge in [0.2, 0.25) is 12.7 Å². The summed E-state index contributed by atoms with van der Waals surface area (Å²) >= 11 is 1.66. The van der Waals surface area contributed by atoms with E-state index in [-0.39, 0.29) is 12.7 Å². The molecule has 1 aliphatic heterocycles. The third-order valence-electron chi connectivity index (χ3n) is 3.19. The number of carbonyl (C=O) groups excluding carboxylic acids is 1. The lowest BCUT2D eigenvalue weighted by Crippen LogP contribution is -2.27. The van der Waals surface area contributed by atoms with E-state index in [9.17, 15) is 4.79 Å². The molecule has 0 saturated heterocycles. The van der Waals surface area contributed by atoms with Crippen molar-refractivity contribution in [2.45, 2.75) is 13.0 Å². The molecule has 3 rings (SSSR count). The molecule has 104 valence electrons. The Morgan fingerprint density at radius 1 is 1.30 bits per heavy atom. The van der Waals surface area contributed by atoms with Gasteiger partial charge >= 0.3 is 0 Å². The zero-order valence-corrected chi connectivity index (χ0v) is 12.0. The Hall–Kier alpha value is -2.01. The van der Waals surface area contributed by atoms with Crippen molar-refractivity contribution >= 4 is 17.2 Å². The van der Waals surface area contributed by atoms with Gasteiger partial charge in [-0.1, -0.05) is 12.1 Å². The van der Waals surface area contributed by atoms with E-state index in [0.29, 0.717) is 13.0 Å². The molecule has 0 atom stereocenters. The molecule has 0 N–H and O–H groups in total.